The zero-order valence-corrected chi connectivity index (χ0v) is 30.6. The molecular formula is C54H35NO. The minimum Gasteiger partial charge on any atom is -0.456 e. The van der Waals surface area contributed by atoms with Crippen LogP contribution in [0.1, 0.15) is 0 Å². The summed E-state index contributed by atoms with van der Waals surface area (Å²) in [5, 5.41) is 9.57. The Morgan fingerprint density at radius 1 is 0.286 bits per heavy atom. The molecule has 11 aromatic rings. The van der Waals surface area contributed by atoms with Crippen molar-refractivity contribution in [1.29, 1.82) is 0 Å². The Morgan fingerprint density at radius 3 is 1.43 bits per heavy atom. The summed E-state index contributed by atoms with van der Waals surface area (Å²) in [6.07, 6.45) is 0. The molecule has 2 heteroatoms. The summed E-state index contributed by atoms with van der Waals surface area (Å²) in [6, 6.07) is 76.7. The first-order valence-corrected chi connectivity index (χ1v) is 19.2. The van der Waals surface area contributed by atoms with E-state index >= 15 is 0 Å². The molecule has 2 nitrogen and oxygen atoms in total. The minimum atomic E-state index is 0.888. The highest BCUT2D eigenvalue weighted by Crippen LogP contribution is 2.45. The van der Waals surface area contributed by atoms with Gasteiger partial charge in [0, 0.05) is 27.7 Å². The second-order valence-corrected chi connectivity index (χ2v) is 14.5. The van der Waals surface area contributed by atoms with Gasteiger partial charge < -0.3 is 9.32 Å². The van der Waals surface area contributed by atoms with Crippen molar-refractivity contribution >= 4 is 71.3 Å². The Kier molecular flexibility index (Phi) is 7.53. The fourth-order valence-electron chi connectivity index (χ4n) is 8.55. The van der Waals surface area contributed by atoms with Crippen LogP contribution in [0.5, 0.6) is 0 Å². The Morgan fingerprint density at radius 2 is 0.768 bits per heavy atom. The number of benzene rings is 10. The van der Waals surface area contributed by atoms with Crippen LogP contribution in [0.4, 0.5) is 17.1 Å². The quantitative estimate of drug-likeness (QED) is 0.171. The van der Waals surface area contributed by atoms with E-state index < -0.39 is 0 Å². The van der Waals surface area contributed by atoms with E-state index in [4.69, 9.17) is 4.42 Å². The van der Waals surface area contributed by atoms with Crippen LogP contribution in [-0.2, 0) is 0 Å². The van der Waals surface area contributed by atoms with Crippen LogP contribution in [0.25, 0.3) is 87.6 Å². The van der Waals surface area contributed by atoms with Gasteiger partial charge in [0.05, 0.1) is 5.69 Å². The zero-order valence-electron chi connectivity index (χ0n) is 30.6. The van der Waals surface area contributed by atoms with Crippen molar-refractivity contribution in [2.24, 2.45) is 0 Å². The molecule has 0 spiro atoms. The number of anilines is 3. The van der Waals surface area contributed by atoms with Crippen molar-refractivity contribution in [3.8, 4) is 33.4 Å². The molecule has 0 aliphatic rings. The average molecular weight is 714 g/mol. The third kappa shape index (κ3) is 5.42. The Bertz CT molecular complexity index is 3150. The largest absolute Gasteiger partial charge is 0.456 e. The fourth-order valence-corrected chi connectivity index (χ4v) is 8.55. The Hall–Kier alpha value is -7.42. The minimum absolute atomic E-state index is 0.888. The monoisotopic (exact) mass is 713 g/mol. The second-order valence-electron chi connectivity index (χ2n) is 14.5. The van der Waals surface area contributed by atoms with Crippen molar-refractivity contribution in [2.45, 2.75) is 0 Å². The van der Waals surface area contributed by atoms with Gasteiger partial charge in [-0.2, -0.15) is 0 Å². The molecule has 0 unspecified atom stereocenters. The van der Waals surface area contributed by atoms with Gasteiger partial charge in [-0.1, -0.05) is 158 Å². The maximum absolute atomic E-state index is 6.43. The topological polar surface area (TPSA) is 16.4 Å². The standard InChI is InChI=1S/C54H35NO/c1-2-16-39-35-54-51(33-38(39)15-1)50-34-42(29-30-53(50)56-54)49-25-7-8-28-52(49)55(43-21-9-19-40(31-43)47-26-11-17-36-13-3-5-23-45(36)47)44-22-10-20-41(32-44)48-27-12-18-37-14-4-6-24-46(37)48/h1-35H. The summed E-state index contributed by atoms with van der Waals surface area (Å²) in [5.74, 6) is 0. The van der Waals surface area contributed by atoms with Crippen LogP contribution in [0.15, 0.2) is 217 Å². The number of nitrogens with zero attached hydrogens (tertiary/aromatic N) is 1. The number of furan rings is 1. The van der Waals surface area contributed by atoms with Crippen molar-refractivity contribution in [3.63, 3.8) is 0 Å². The molecule has 0 radical (unpaired) electrons. The first-order valence-electron chi connectivity index (χ1n) is 19.2. The Labute approximate surface area is 325 Å². The molecule has 1 aromatic heterocycles. The number of hydrogen-bond acceptors (Lipinski definition) is 2. The van der Waals surface area contributed by atoms with E-state index in [9.17, 15) is 0 Å². The molecule has 0 bridgehead atoms. The summed E-state index contributed by atoms with van der Waals surface area (Å²) in [5.41, 5.74) is 12.1. The van der Waals surface area contributed by atoms with Crippen molar-refractivity contribution in [2.75, 3.05) is 4.90 Å². The number of hydrogen-bond donors (Lipinski definition) is 0. The highest BCUT2D eigenvalue weighted by molar-refractivity contribution is 6.11. The molecule has 262 valence electrons. The first-order chi connectivity index (χ1) is 27.7. The molecule has 0 saturated heterocycles. The molecule has 0 aliphatic carbocycles. The molecule has 0 atom stereocenters. The van der Waals surface area contributed by atoms with E-state index in [-0.39, 0.29) is 0 Å². The summed E-state index contributed by atoms with van der Waals surface area (Å²) < 4.78 is 6.43. The molecule has 0 aliphatic heterocycles. The van der Waals surface area contributed by atoms with Crippen LogP contribution >= 0.6 is 0 Å². The van der Waals surface area contributed by atoms with E-state index in [0.717, 1.165) is 50.1 Å². The van der Waals surface area contributed by atoms with Crippen LogP contribution in [0.2, 0.25) is 0 Å². The smallest absolute Gasteiger partial charge is 0.136 e. The molecule has 0 saturated carbocycles. The van der Waals surface area contributed by atoms with Crippen molar-refractivity contribution < 1.29 is 4.42 Å². The number of para-hydroxylation sites is 1. The van der Waals surface area contributed by atoms with Crippen LogP contribution in [0.3, 0.4) is 0 Å². The van der Waals surface area contributed by atoms with Crippen LogP contribution in [-0.4, -0.2) is 0 Å². The highest BCUT2D eigenvalue weighted by Gasteiger charge is 2.20. The molecule has 1 heterocycles. The molecule has 10 aromatic carbocycles. The summed E-state index contributed by atoms with van der Waals surface area (Å²) in [6.45, 7) is 0. The van der Waals surface area contributed by atoms with E-state index in [0.29, 0.717) is 0 Å². The average Bonchev–Trinajstić information content (AvgIpc) is 3.62. The SMILES string of the molecule is c1cc(-c2cccc3ccccc23)cc(N(c2cccc(-c3cccc4ccccc34)c2)c2ccccc2-c2ccc3oc4cc5ccccc5cc4c3c2)c1. The third-order valence-electron chi connectivity index (χ3n) is 11.2. The predicted molar refractivity (Wildman–Crippen MR) is 237 cm³/mol. The summed E-state index contributed by atoms with van der Waals surface area (Å²) in [4.78, 5) is 2.42. The van der Waals surface area contributed by atoms with Gasteiger partial charge in [0.2, 0.25) is 0 Å². The normalized spacial score (nSPS) is 11.6. The fraction of sp³-hybridized carbons (Fsp3) is 0. The maximum atomic E-state index is 6.43. The van der Waals surface area contributed by atoms with Gasteiger partial charge in [-0.3, -0.25) is 0 Å². The number of fused-ring (bicyclic) bond motifs is 6. The van der Waals surface area contributed by atoms with Gasteiger partial charge in [-0.25, -0.2) is 0 Å². The highest BCUT2D eigenvalue weighted by atomic mass is 16.3. The van der Waals surface area contributed by atoms with Crippen molar-refractivity contribution in [3.05, 3.63) is 212 Å². The van der Waals surface area contributed by atoms with Gasteiger partial charge in [-0.05, 0) is 115 Å². The lowest BCUT2D eigenvalue weighted by Gasteiger charge is -2.29. The Balaban J connectivity index is 1.12. The van der Waals surface area contributed by atoms with Crippen molar-refractivity contribution in [1.82, 2.24) is 0 Å². The molecule has 11 rings (SSSR count). The summed E-state index contributed by atoms with van der Waals surface area (Å²) in [7, 11) is 0. The van der Waals surface area contributed by atoms with Gasteiger partial charge in [0.15, 0.2) is 0 Å². The maximum Gasteiger partial charge on any atom is 0.136 e. The van der Waals surface area contributed by atoms with Gasteiger partial charge in [-0.15, -0.1) is 0 Å². The van der Waals surface area contributed by atoms with Gasteiger partial charge in [0.25, 0.3) is 0 Å². The first kappa shape index (κ1) is 32.0. The van der Waals surface area contributed by atoms with Crippen LogP contribution < -0.4 is 4.90 Å². The van der Waals surface area contributed by atoms with Crippen LogP contribution in [0, 0.1) is 0 Å². The lowest BCUT2D eigenvalue weighted by Crippen LogP contribution is -2.11. The summed E-state index contributed by atoms with van der Waals surface area (Å²) >= 11 is 0. The molecule has 0 fully saturated rings. The van der Waals surface area contributed by atoms with E-state index in [1.807, 2.05) is 0 Å². The van der Waals surface area contributed by atoms with E-state index in [1.165, 1.54) is 54.6 Å². The molecule has 0 N–H and O–H groups in total. The van der Waals surface area contributed by atoms with Gasteiger partial charge in [0.1, 0.15) is 11.2 Å². The van der Waals surface area contributed by atoms with E-state index in [1.54, 1.807) is 0 Å². The lowest BCUT2D eigenvalue weighted by molar-refractivity contribution is 0.669. The molecule has 56 heavy (non-hydrogen) atoms. The second kappa shape index (κ2) is 13.2. The van der Waals surface area contributed by atoms with Gasteiger partial charge >= 0.3 is 0 Å². The third-order valence-corrected chi connectivity index (χ3v) is 11.2. The zero-order chi connectivity index (χ0) is 37.0. The number of rotatable bonds is 6. The van der Waals surface area contributed by atoms with E-state index in [2.05, 4.69) is 217 Å². The molecule has 0 amide bonds. The molecular weight excluding hydrogens is 679 g/mol. The predicted octanol–water partition coefficient (Wildman–Crippen LogP) is 15.5. The lowest BCUT2D eigenvalue weighted by atomic mass is 9.96.